The van der Waals surface area contributed by atoms with Crippen LogP contribution in [-0.2, 0) is 4.79 Å². The highest BCUT2D eigenvalue weighted by molar-refractivity contribution is 5.71. The third-order valence-electron chi connectivity index (χ3n) is 4.20. The molecule has 1 aromatic carbocycles. The second-order valence-electron chi connectivity index (χ2n) is 5.65. The first kappa shape index (κ1) is 15.8. The lowest BCUT2D eigenvalue weighted by atomic mass is 9.95. The topological polar surface area (TPSA) is 70.0 Å². The minimum Gasteiger partial charge on any atom is -0.492 e. The molecule has 1 aliphatic heterocycles. The van der Waals surface area contributed by atoms with Crippen LogP contribution in [0.25, 0.3) is 0 Å². The summed E-state index contributed by atoms with van der Waals surface area (Å²) >= 11 is 0. The second kappa shape index (κ2) is 6.91. The van der Waals surface area contributed by atoms with E-state index in [2.05, 4.69) is 0 Å². The predicted octanol–water partition coefficient (Wildman–Crippen LogP) is 1.45. The Morgan fingerprint density at radius 1 is 1.43 bits per heavy atom. The fourth-order valence-electron chi connectivity index (χ4n) is 2.62. The molecule has 0 radical (unpaired) electrons. The first-order valence-corrected chi connectivity index (χ1v) is 7.31. The Kier molecular flexibility index (Phi) is 5.20. The third-order valence-corrected chi connectivity index (χ3v) is 4.20. The Labute approximate surface area is 125 Å². The molecule has 1 fully saturated rings. The summed E-state index contributed by atoms with van der Waals surface area (Å²) in [6, 6.07) is 5.96. The Bertz CT molecular complexity index is 503. The number of piperidine rings is 1. The maximum atomic E-state index is 11.1. The fourth-order valence-corrected chi connectivity index (χ4v) is 2.62. The number of carboxylic acids is 1. The lowest BCUT2D eigenvalue weighted by Gasteiger charge is -2.33. The van der Waals surface area contributed by atoms with Crippen LogP contribution in [0, 0.1) is 19.8 Å². The van der Waals surface area contributed by atoms with E-state index >= 15 is 0 Å². The highest BCUT2D eigenvalue weighted by atomic mass is 16.5. The predicted molar refractivity (Wildman–Crippen MR) is 79.6 cm³/mol. The van der Waals surface area contributed by atoms with Gasteiger partial charge in [0.25, 0.3) is 0 Å². The summed E-state index contributed by atoms with van der Waals surface area (Å²) in [7, 11) is 0. The van der Waals surface area contributed by atoms with Crippen molar-refractivity contribution in [3.63, 3.8) is 0 Å². The molecule has 2 rings (SSSR count). The van der Waals surface area contributed by atoms with E-state index in [1.807, 2.05) is 36.9 Å². The van der Waals surface area contributed by atoms with Crippen molar-refractivity contribution in [2.45, 2.75) is 26.4 Å². The van der Waals surface area contributed by atoms with Gasteiger partial charge >= 0.3 is 5.97 Å². The molecule has 21 heavy (non-hydrogen) atoms. The van der Waals surface area contributed by atoms with E-state index in [0.717, 1.165) is 11.3 Å². The molecule has 1 aliphatic rings. The van der Waals surface area contributed by atoms with Crippen molar-refractivity contribution in [2.75, 3.05) is 26.2 Å². The number of hydrogen-bond acceptors (Lipinski definition) is 4. The van der Waals surface area contributed by atoms with Gasteiger partial charge in [0.1, 0.15) is 12.4 Å². The van der Waals surface area contributed by atoms with E-state index in [9.17, 15) is 9.90 Å². The van der Waals surface area contributed by atoms with Crippen LogP contribution in [0.3, 0.4) is 0 Å². The molecule has 0 bridgehead atoms. The molecule has 2 N–H and O–H groups in total. The highest BCUT2D eigenvalue weighted by Crippen LogP contribution is 2.21. The van der Waals surface area contributed by atoms with E-state index < -0.39 is 18.0 Å². The Balaban J connectivity index is 1.83. The summed E-state index contributed by atoms with van der Waals surface area (Å²) in [5.74, 6) is -0.746. The van der Waals surface area contributed by atoms with Crippen molar-refractivity contribution >= 4 is 5.97 Å². The first-order chi connectivity index (χ1) is 9.99. The number of aryl methyl sites for hydroxylation is 1. The maximum absolute atomic E-state index is 11.1. The molecule has 0 spiro atoms. The summed E-state index contributed by atoms with van der Waals surface area (Å²) in [5.41, 5.74) is 2.33. The summed E-state index contributed by atoms with van der Waals surface area (Å²) in [6.45, 7) is 6.36. The molecule has 0 aromatic heterocycles. The summed E-state index contributed by atoms with van der Waals surface area (Å²) < 4.78 is 5.79. The zero-order valence-corrected chi connectivity index (χ0v) is 12.6. The molecule has 0 unspecified atom stereocenters. The molecule has 1 heterocycles. The van der Waals surface area contributed by atoms with Crippen LogP contribution in [-0.4, -0.2) is 53.4 Å². The fraction of sp³-hybridized carbons (Fsp3) is 0.562. The number of aliphatic carboxylic acids is 1. The van der Waals surface area contributed by atoms with Crippen LogP contribution < -0.4 is 4.74 Å². The number of hydrogen-bond donors (Lipinski definition) is 2. The van der Waals surface area contributed by atoms with Crippen molar-refractivity contribution in [1.82, 2.24) is 4.90 Å². The standard InChI is InChI=1S/C16H23NO4/c1-11-4-3-5-15(12(11)2)21-9-8-17-7-6-14(18)13(10-17)16(19)20/h3-5,13-14,18H,6-10H2,1-2H3,(H,19,20)/t13-,14-/m0/s1. The van der Waals surface area contributed by atoms with Gasteiger partial charge in [0.05, 0.1) is 12.0 Å². The number of benzene rings is 1. The zero-order valence-electron chi connectivity index (χ0n) is 12.6. The normalized spacial score (nSPS) is 23.0. The molecule has 0 aliphatic carbocycles. The zero-order chi connectivity index (χ0) is 15.4. The molecule has 116 valence electrons. The van der Waals surface area contributed by atoms with E-state index in [-0.39, 0.29) is 0 Å². The van der Waals surface area contributed by atoms with Gasteiger partial charge in [-0.1, -0.05) is 12.1 Å². The average Bonchev–Trinajstić information content (AvgIpc) is 2.45. The maximum Gasteiger partial charge on any atom is 0.310 e. The molecule has 1 aromatic rings. The molecule has 0 saturated carbocycles. The molecule has 5 nitrogen and oxygen atoms in total. The van der Waals surface area contributed by atoms with Crippen LogP contribution >= 0.6 is 0 Å². The van der Waals surface area contributed by atoms with E-state index in [1.54, 1.807) is 0 Å². The van der Waals surface area contributed by atoms with Crippen LogP contribution in [0.15, 0.2) is 18.2 Å². The SMILES string of the molecule is Cc1cccc(OCCN2CC[C@H](O)[C@@H](C(=O)O)C2)c1C. The van der Waals surface area contributed by atoms with Crippen LogP contribution in [0.4, 0.5) is 0 Å². The second-order valence-corrected chi connectivity index (χ2v) is 5.65. The van der Waals surface area contributed by atoms with Gasteiger partial charge in [-0.2, -0.15) is 0 Å². The number of ether oxygens (including phenoxy) is 1. The number of carboxylic acid groups (broad SMARTS) is 1. The van der Waals surface area contributed by atoms with Crippen molar-refractivity contribution in [3.05, 3.63) is 29.3 Å². The van der Waals surface area contributed by atoms with E-state index in [0.29, 0.717) is 32.7 Å². The van der Waals surface area contributed by atoms with Crippen LogP contribution in [0.5, 0.6) is 5.75 Å². The largest absolute Gasteiger partial charge is 0.492 e. The van der Waals surface area contributed by atoms with Gasteiger partial charge in [0.15, 0.2) is 0 Å². The highest BCUT2D eigenvalue weighted by Gasteiger charge is 2.32. The van der Waals surface area contributed by atoms with Gasteiger partial charge in [0.2, 0.25) is 0 Å². The van der Waals surface area contributed by atoms with Crippen molar-refractivity contribution in [3.8, 4) is 5.75 Å². The molecule has 2 atom stereocenters. The van der Waals surface area contributed by atoms with Crippen LogP contribution in [0.2, 0.25) is 0 Å². The lowest BCUT2D eigenvalue weighted by Crippen LogP contribution is -2.47. The van der Waals surface area contributed by atoms with Crippen molar-refractivity contribution in [1.29, 1.82) is 0 Å². The van der Waals surface area contributed by atoms with Gasteiger partial charge in [0, 0.05) is 19.6 Å². The smallest absolute Gasteiger partial charge is 0.310 e. The van der Waals surface area contributed by atoms with Gasteiger partial charge in [-0.25, -0.2) is 0 Å². The Morgan fingerprint density at radius 3 is 2.90 bits per heavy atom. The third kappa shape index (κ3) is 3.95. The summed E-state index contributed by atoms with van der Waals surface area (Å²) in [5, 5.41) is 18.8. The number of aliphatic hydroxyl groups is 1. The van der Waals surface area contributed by atoms with Crippen molar-refractivity contribution < 1.29 is 19.7 Å². The van der Waals surface area contributed by atoms with E-state index in [1.165, 1.54) is 5.56 Å². The summed E-state index contributed by atoms with van der Waals surface area (Å²) in [6.07, 6.45) is -0.237. The number of aliphatic hydroxyl groups excluding tert-OH is 1. The quantitative estimate of drug-likeness (QED) is 0.860. The molecule has 0 amide bonds. The Morgan fingerprint density at radius 2 is 2.19 bits per heavy atom. The number of nitrogens with zero attached hydrogens (tertiary/aromatic N) is 1. The number of carbonyl (C=O) groups is 1. The molecule has 5 heteroatoms. The monoisotopic (exact) mass is 293 g/mol. The minimum absolute atomic E-state index is 0.382. The summed E-state index contributed by atoms with van der Waals surface area (Å²) in [4.78, 5) is 13.1. The van der Waals surface area contributed by atoms with Crippen molar-refractivity contribution in [2.24, 2.45) is 5.92 Å². The van der Waals surface area contributed by atoms with Gasteiger partial charge in [-0.05, 0) is 37.5 Å². The molecular formula is C16H23NO4. The number of rotatable bonds is 5. The van der Waals surface area contributed by atoms with E-state index in [4.69, 9.17) is 9.84 Å². The van der Waals surface area contributed by atoms with Gasteiger partial charge in [-0.15, -0.1) is 0 Å². The average molecular weight is 293 g/mol. The molecule has 1 saturated heterocycles. The Hall–Kier alpha value is -1.59. The minimum atomic E-state index is -0.928. The first-order valence-electron chi connectivity index (χ1n) is 7.31. The number of likely N-dealkylation sites (tertiary alicyclic amines) is 1. The van der Waals surface area contributed by atoms with Gasteiger partial charge < -0.3 is 14.9 Å². The van der Waals surface area contributed by atoms with Crippen LogP contribution in [0.1, 0.15) is 17.5 Å². The lowest BCUT2D eigenvalue weighted by molar-refractivity contribution is -0.148. The van der Waals surface area contributed by atoms with Gasteiger partial charge in [-0.3, -0.25) is 9.69 Å². The molecular weight excluding hydrogens is 270 g/mol.